The molecule has 31 heavy (non-hydrogen) atoms. The number of benzene rings is 2. The van der Waals surface area contributed by atoms with Crippen LogP contribution >= 0.6 is 0 Å². The van der Waals surface area contributed by atoms with Crippen molar-refractivity contribution in [1.29, 1.82) is 0 Å². The number of fused-ring (bicyclic) bond motifs is 1. The number of nitrogens with zero attached hydrogens (tertiary/aromatic N) is 1. The van der Waals surface area contributed by atoms with Crippen molar-refractivity contribution in [2.45, 2.75) is 13.8 Å². The number of hydrogen-bond donors (Lipinski definition) is 0. The topological polar surface area (TPSA) is 70.8 Å². The molecule has 0 saturated heterocycles. The average molecular weight is 417 g/mol. The van der Waals surface area contributed by atoms with Gasteiger partial charge in [-0.05, 0) is 62.4 Å². The zero-order chi connectivity index (χ0) is 21.6. The maximum atomic E-state index is 12.8. The number of carbonyl (C=O) groups excluding carboxylic acids is 1. The molecule has 4 rings (SSSR count). The molecule has 0 amide bonds. The Morgan fingerprint density at radius 1 is 0.935 bits per heavy atom. The summed E-state index contributed by atoms with van der Waals surface area (Å²) >= 11 is 0. The van der Waals surface area contributed by atoms with E-state index in [1.165, 1.54) is 0 Å². The van der Waals surface area contributed by atoms with E-state index < -0.39 is 5.97 Å². The number of carbonyl (C=O) groups is 1. The summed E-state index contributed by atoms with van der Waals surface area (Å²) in [5.41, 5.74) is 1.73. The van der Waals surface area contributed by atoms with E-state index in [9.17, 15) is 4.79 Å². The highest BCUT2D eigenvalue weighted by atomic mass is 16.6. The molecule has 0 aliphatic rings. The fraction of sp³-hybridized carbons (Fsp3) is 0.200. The van der Waals surface area contributed by atoms with Crippen LogP contribution in [0, 0.1) is 6.92 Å². The lowest BCUT2D eigenvalue weighted by molar-refractivity contribution is 0.0452. The Bertz CT molecular complexity index is 1180. The van der Waals surface area contributed by atoms with Gasteiger partial charge in [0.05, 0.1) is 17.7 Å². The second kappa shape index (κ2) is 9.34. The van der Waals surface area contributed by atoms with E-state index in [2.05, 4.69) is 4.98 Å². The first-order chi connectivity index (χ1) is 15.1. The number of rotatable bonds is 8. The van der Waals surface area contributed by atoms with E-state index in [-0.39, 0.29) is 13.2 Å². The van der Waals surface area contributed by atoms with Crippen LogP contribution in [0.5, 0.6) is 11.5 Å². The minimum Gasteiger partial charge on any atom is -0.494 e. The highest BCUT2D eigenvalue weighted by Crippen LogP contribution is 2.26. The molecule has 0 radical (unpaired) electrons. The Hall–Kier alpha value is -3.80. The van der Waals surface area contributed by atoms with Gasteiger partial charge in [0.25, 0.3) is 0 Å². The van der Waals surface area contributed by atoms with Crippen molar-refractivity contribution in [2.24, 2.45) is 0 Å². The molecule has 0 spiro atoms. The van der Waals surface area contributed by atoms with Gasteiger partial charge in [-0.15, -0.1) is 0 Å². The summed E-state index contributed by atoms with van der Waals surface area (Å²) in [6.07, 6.45) is 0. The molecule has 0 fully saturated rings. The molecule has 2 aromatic carbocycles. The standard InChI is InChI=1S/C25H23NO5/c1-3-28-18-9-11-19(12-10-18)29-14-15-30-25(27)21-16-23(24-13-8-17(2)31-24)26-22-7-5-4-6-20(21)22/h4-13,16H,3,14-15H2,1-2H3. The zero-order valence-electron chi connectivity index (χ0n) is 17.5. The van der Waals surface area contributed by atoms with Crippen molar-refractivity contribution < 1.29 is 23.4 Å². The van der Waals surface area contributed by atoms with Crippen LogP contribution in [0.15, 0.2) is 71.1 Å². The van der Waals surface area contributed by atoms with E-state index >= 15 is 0 Å². The molecule has 0 bridgehead atoms. The van der Waals surface area contributed by atoms with Crippen LogP contribution in [0.2, 0.25) is 0 Å². The van der Waals surface area contributed by atoms with Gasteiger partial charge < -0.3 is 18.6 Å². The number of furan rings is 1. The molecule has 0 saturated carbocycles. The third-order valence-electron chi connectivity index (χ3n) is 4.65. The fourth-order valence-electron chi connectivity index (χ4n) is 3.21. The molecule has 0 aliphatic carbocycles. The van der Waals surface area contributed by atoms with Gasteiger partial charge in [-0.1, -0.05) is 18.2 Å². The van der Waals surface area contributed by atoms with Gasteiger partial charge in [0.1, 0.15) is 36.2 Å². The Morgan fingerprint density at radius 3 is 2.39 bits per heavy atom. The number of esters is 1. The molecule has 0 unspecified atom stereocenters. The van der Waals surface area contributed by atoms with Crippen LogP contribution in [0.25, 0.3) is 22.4 Å². The molecule has 2 aromatic heterocycles. The molecule has 0 aliphatic heterocycles. The predicted octanol–water partition coefficient (Wildman–Crippen LogP) is 5.44. The number of aryl methyl sites for hydroxylation is 1. The van der Waals surface area contributed by atoms with Crippen LogP contribution in [0.4, 0.5) is 0 Å². The summed E-state index contributed by atoms with van der Waals surface area (Å²) in [6.45, 7) is 4.78. The minimum absolute atomic E-state index is 0.123. The molecule has 6 heteroatoms. The summed E-state index contributed by atoms with van der Waals surface area (Å²) in [4.78, 5) is 17.4. The molecular weight excluding hydrogens is 394 g/mol. The normalized spacial score (nSPS) is 10.8. The van der Waals surface area contributed by atoms with Crippen molar-refractivity contribution >= 4 is 16.9 Å². The second-order valence-electron chi connectivity index (χ2n) is 6.87. The van der Waals surface area contributed by atoms with Gasteiger partial charge in [0, 0.05) is 5.39 Å². The van der Waals surface area contributed by atoms with E-state index in [4.69, 9.17) is 18.6 Å². The molecular formula is C25H23NO5. The van der Waals surface area contributed by atoms with Crippen LogP contribution in [-0.4, -0.2) is 30.8 Å². The molecule has 0 N–H and O–H groups in total. The molecule has 158 valence electrons. The van der Waals surface area contributed by atoms with Gasteiger partial charge in [0.2, 0.25) is 0 Å². The largest absolute Gasteiger partial charge is 0.494 e. The number of para-hydroxylation sites is 1. The third-order valence-corrected chi connectivity index (χ3v) is 4.65. The first kappa shape index (κ1) is 20.5. The minimum atomic E-state index is -0.432. The van der Waals surface area contributed by atoms with Gasteiger partial charge in [-0.2, -0.15) is 0 Å². The highest BCUT2D eigenvalue weighted by molar-refractivity contribution is 6.04. The number of ether oxygens (including phenoxy) is 3. The summed E-state index contributed by atoms with van der Waals surface area (Å²) in [5, 5.41) is 0.729. The Labute approximate surface area is 180 Å². The van der Waals surface area contributed by atoms with Gasteiger partial charge >= 0.3 is 5.97 Å². The first-order valence-corrected chi connectivity index (χ1v) is 10.1. The summed E-state index contributed by atoms with van der Waals surface area (Å²) in [7, 11) is 0. The van der Waals surface area contributed by atoms with Gasteiger partial charge in [-0.3, -0.25) is 0 Å². The van der Waals surface area contributed by atoms with Gasteiger partial charge in [0.15, 0.2) is 5.76 Å². The number of pyridine rings is 1. The lowest BCUT2D eigenvalue weighted by atomic mass is 10.1. The van der Waals surface area contributed by atoms with Crippen LogP contribution in [-0.2, 0) is 4.74 Å². The Balaban J connectivity index is 1.44. The smallest absolute Gasteiger partial charge is 0.339 e. The monoisotopic (exact) mass is 417 g/mol. The highest BCUT2D eigenvalue weighted by Gasteiger charge is 2.16. The van der Waals surface area contributed by atoms with Crippen LogP contribution in [0.3, 0.4) is 0 Å². The predicted molar refractivity (Wildman–Crippen MR) is 118 cm³/mol. The van der Waals surface area contributed by atoms with Crippen molar-refractivity contribution in [3.05, 3.63) is 78.1 Å². The van der Waals surface area contributed by atoms with E-state index in [0.717, 1.165) is 16.9 Å². The summed E-state index contributed by atoms with van der Waals surface area (Å²) < 4.78 is 22.2. The van der Waals surface area contributed by atoms with Crippen molar-refractivity contribution in [1.82, 2.24) is 4.98 Å². The molecule has 2 heterocycles. The van der Waals surface area contributed by atoms with Crippen LogP contribution < -0.4 is 9.47 Å². The van der Waals surface area contributed by atoms with E-state index in [1.807, 2.05) is 74.5 Å². The fourth-order valence-corrected chi connectivity index (χ4v) is 3.21. The Morgan fingerprint density at radius 2 is 1.68 bits per heavy atom. The van der Waals surface area contributed by atoms with E-state index in [0.29, 0.717) is 34.9 Å². The maximum Gasteiger partial charge on any atom is 0.339 e. The Kier molecular flexibility index (Phi) is 6.17. The summed E-state index contributed by atoms with van der Waals surface area (Å²) in [6, 6.07) is 20.2. The van der Waals surface area contributed by atoms with Crippen LogP contribution in [0.1, 0.15) is 23.0 Å². The quantitative estimate of drug-likeness (QED) is 0.281. The number of hydrogen-bond acceptors (Lipinski definition) is 6. The first-order valence-electron chi connectivity index (χ1n) is 10.1. The second-order valence-corrected chi connectivity index (χ2v) is 6.87. The van der Waals surface area contributed by atoms with Crippen molar-refractivity contribution in [2.75, 3.05) is 19.8 Å². The van der Waals surface area contributed by atoms with Crippen molar-refractivity contribution in [3.8, 4) is 23.0 Å². The average Bonchev–Trinajstić information content (AvgIpc) is 3.23. The lowest BCUT2D eigenvalue weighted by Crippen LogP contribution is -2.13. The maximum absolute atomic E-state index is 12.8. The third kappa shape index (κ3) is 4.86. The van der Waals surface area contributed by atoms with Crippen molar-refractivity contribution in [3.63, 3.8) is 0 Å². The number of aromatic nitrogens is 1. The zero-order valence-corrected chi connectivity index (χ0v) is 17.5. The van der Waals surface area contributed by atoms with Gasteiger partial charge in [-0.25, -0.2) is 9.78 Å². The summed E-state index contributed by atoms with van der Waals surface area (Å²) in [5.74, 6) is 2.42. The molecule has 6 nitrogen and oxygen atoms in total. The van der Waals surface area contributed by atoms with E-state index in [1.54, 1.807) is 6.07 Å². The SMILES string of the molecule is CCOc1ccc(OCCOC(=O)c2cc(-c3ccc(C)o3)nc3ccccc23)cc1. The lowest BCUT2D eigenvalue weighted by Gasteiger charge is -2.10. The molecule has 0 atom stereocenters. The molecule has 4 aromatic rings.